The number of rotatable bonds is 4. The van der Waals surface area contributed by atoms with Gasteiger partial charge in [-0.25, -0.2) is 4.98 Å². The molecule has 3 aromatic rings. The van der Waals surface area contributed by atoms with Crippen molar-refractivity contribution in [1.82, 2.24) is 4.98 Å². The van der Waals surface area contributed by atoms with Crippen LogP contribution in [0.25, 0.3) is 22.4 Å². The average Bonchev–Trinajstić information content (AvgIpc) is 3.02. The molecule has 0 aliphatic carbocycles. The minimum Gasteiger partial charge on any atom is -0.481 e. The van der Waals surface area contributed by atoms with E-state index in [9.17, 15) is 4.79 Å². The Labute approximate surface area is 113 Å². The summed E-state index contributed by atoms with van der Waals surface area (Å²) in [6, 6.07) is 9.73. The number of furan rings is 1. The molecule has 5 heteroatoms. The van der Waals surface area contributed by atoms with Crippen LogP contribution < -0.4 is 0 Å². The fourth-order valence-electron chi connectivity index (χ4n) is 1.86. The Morgan fingerprint density at radius 2 is 2.21 bits per heavy atom. The van der Waals surface area contributed by atoms with Crippen molar-refractivity contribution in [2.45, 2.75) is 12.8 Å². The molecule has 19 heavy (non-hydrogen) atoms. The fourth-order valence-corrected chi connectivity index (χ4v) is 2.65. The quantitative estimate of drug-likeness (QED) is 0.789. The molecule has 0 saturated heterocycles. The summed E-state index contributed by atoms with van der Waals surface area (Å²) in [7, 11) is 0. The summed E-state index contributed by atoms with van der Waals surface area (Å²) in [6.45, 7) is 0. The smallest absolute Gasteiger partial charge is 0.303 e. The van der Waals surface area contributed by atoms with E-state index in [-0.39, 0.29) is 6.42 Å². The Morgan fingerprint density at radius 3 is 3.00 bits per heavy atom. The van der Waals surface area contributed by atoms with Gasteiger partial charge in [0.2, 0.25) is 0 Å². The van der Waals surface area contributed by atoms with E-state index in [0.29, 0.717) is 6.42 Å². The lowest BCUT2D eigenvalue weighted by Gasteiger charge is -1.91. The van der Waals surface area contributed by atoms with Crippen molar-refractivity contribution in [2.75, 3.05) is 0 Å². The van der Waals surface area contributed by atoms with Crippen LogP contribution >= 0.6 is 11.3 Å². The van der Waals surface area contributed by atoms with Crippen molar-refractivity contribution in [3.8, 4) is 11.5 Å². The first-order chi connectivity index (χ1) is 9.22. The van der Waals surface area contributed by atoms with Crippen LogP contribution in [0.2, 0.25) is 0 Å². The zero-order chi connectivity index (χ0) is 13.2. The summed E-state index contributed by atoms with van der Waals surface area (Å²) in [5.41, 5.74) is 1.60. The predicted molar refractivity (Wildman–Crippen MR) is 73.3 cm³/mol. The van der Waals surface area contributed by atoms with Gasteiger partial charge in [0, 0.05) is 17.2 Å². The van der Waals surface area contributed by atoms with Crippen LogP contribution in [0.15, 0.2) is 40.1 Å². The zero-order valence-corrected chi connectivity index (χ0v) is 10.8. The predicted octanol–water partition coefficient (Wildman–Crippen LogP) is 3.57. The van der Waals surface area contributed by atoms with Crippen LogP contribution in [0.3, 0.4) is 0 Å². The van der Waals surface area contributed by atoms with Gasteiger partial charge in [0.15, 0.2) is 5.76 Å². The lowest BCUT2D eigenvalue weighted by atomic mass is 10.2. The summed E-state index contributed by atoms with van der Waals surface area (Å²) >= 11 is 1.46. The molecular weight excluding hydrogens is 262 g/mol. The van der Waals surface area contributed by atoms with Crippen molar-refractivity contribution >= 4 is 28.3 Å². The highest BCUT2D eigenvalue weighted by Crippen LogP contribution is 2.28. The normalized spacial score (nSPS) is 10.9. The Bertz CT molecular complexity index is 696. The summed E-state index contributed by atoms with van der Waals surface area (Å²) in [6.07, 6.45) is 0.563. The number of carboxylic acid groups (broad SMARTS) is 1. The molecule has 0 amide bonds. The number of benzene rings is 1. The van der Waals surface area contributed by atoms with Crippen LogP contribution in [-0.4, -0.2) is 16.1 Å². The highest BCUT2D eigenvalue weighted by atomic mass is 32.1. The standard InChI is InChI=1S/C14H11NO3S/c16-14(17)6-5-13-15-10(8-19-13)12-7-9-3-1-2-4-11(9)18-12/h1-4,7-8H,5-6H2,(H,16,17). The number of aromatic nitrogens is 1. The maximum Gasteiger partial charge on any atom is 0.303 e. The molecule has 0 unspecified atom stereocenters. The number of hydrogen-bond acceptors (Lipinski definition) is 4. The van der Waals surface area contributed by atoms with Crippen molar-refractivity contribution in [3.05, 3.63) is 40.7 Å². The number of hydrogen-bond donors (Lipinski definition) is 1. The van der Waals surface area contributed by atoms with Crippen LogP contribution in [0.5, 0.6) is 0 Å². The molecule has 1 aromatic carbocycles. The number of carboxylic acids is 1. The first kappa shape index (κ1) is 11.9. The largest absolute Gasteiger partial charge is 0.481 e. The van der Waals surface area contributed by atoms with Gasteiger partial charge in [-0.3, -0.25) is 4.79 Å². The minimum atomic E-state index is -0.805. The third-order valence-electron chi connectivity index (χ3n) is 2.78. The molecule has 2 heterocycles. The number of aliphatic carboxylic acids is 1. The first-order valence-corrected chi connectivity index (χ1v) is 6.75. The van der Waals surface area contributed by atoms with E-state index in [2.05, 4.69) is 4.98 Å². The Balaban J connectivity index is 1.87. The summed E-state index contributed by atoms with van der Waals surface area (Å²) in [4.78, 5) is 14.9. The molecule has 0 saturated carbocycles. The van der Waals surface area contributed by atoms with Crippen molar-refractivity contribution in [1.29, 1.82) is 0 Å². The monoisotopic (exact) mass is 273 g/mol. The Morgan fingerprint density at radius 1 is 1.37 bits per heavy atom. The number of carbonyl (C=O) groups is 1. The van der Waals surface area contributed by atoms with Crippen molar-refractivity contribution < 1.29 is 14.3 Å². The number of aryl methyl sites for hydroxylation is 1. The second kappa shape index (κ2) is 4.85. The number of nitrogens with zero attached hydrogens (tertiary/aromatic N) is 1. The second-order valence-electron chi connectivity index (χ2n) is 4.17. The van der Waals surface area contributed by atoms with E-state index in [1.807, 2.05) is 35.7 Å². The van der Waals surface area contributed by atoms with Crippen LogP contribution in [0, 0.1) is 0 Å². The van der Waals surface area contributed by atoms with Gasteiger partial charge in [-0.2, -0.15) is 0 Å². The van der Waals surface area contributed by atoms with Gasteiger partial charge < -0.3 is 9.52 Å². The van der Waals surface area contributed by atoms with Crippen LogP contribution in [-0.2, 0) is 11.2 Å². The second-order valence-corrected chi connectivity index (χ2v) is 5.11. The summed E-state index contributed by atoms with van der Waals surface area (Å²) in [5, 5.41) is 12.4. The van der Waals surface area contributed by atoms with Crippen molar-refractivity contribution in [3.63, 3.8) is 0 Å². The lowest BCUT2D eigenvalue weighted by Crippen LogP contribution is -1.96. The molecule has 4 nitrogen and oxygen atoms in total. The minimum absolute atomic E-state index is 0.104. The zero-order valence-electron chi connectivity index (χ0n) is 10.00. The van der Waals surface area contributed by atoms with E-state index < -0.39 is 5.97 Å². The third kappa shape index (κ3) is 2.51. The average molecular weight is 273 g/mol. The number of fused-ring (bicyclic) bond motifs is 1. The van der Waals surface area contributed by atoms with E-state index in [1.165, 1.54) is 11.3 Å². The Kier molecular flexibility index (Phi) is 3.05. The highest BCUT2D eigenvalue weighted by molar-refractivity contribution is 7.09. The molecule has 0 spiro atoms. The molecule has 0 aliphatic rings. The fraction of sp³-hybridized carbons (Fsp3) is 0.143. The van der Waals surface area contributed by atoms with E-state index >= 15 is 0 Å². The van der Waals surface area contributed by atoms with Gasteiger partial charge in [0.05, 0.1) is 11.4 Å². The van der Waals surface area contributed by atoms with Gasteiger partial charge >= 0.3 is 5.97 Å². The molecule has 0 fully saturated rings. The first-order valence-electron chi connectivity index (χ1n) is 5.87. The van der Waals surface area contributed by atoms with Gasteiger partial charge in [-0.05, 0) is 12.1 Å². The maximum absolute atomic E-state index is 10.5. The number of thiazole rings is 1. The maximum atomic E-state index is 10.5. The molecule has 0 radical (unpaired) electrons. The topological polar surface area (TPSA) is 63.3 Å². The van der Waals surface area contributed by atoms with E-state index in [4.69, 9.17) is 9.52 Å². The summed E-state index contributed by atoms with van der Waals surface area (Å²) in [5.74, 6) is -0.0838. The molecule has 0 atom stereocenters. The molecule has 1 N–H and O–H groups in total. The van der Waals surface area contributed by atoms with Crippen LogP contribution in [0.4, 0.5) is 0 Å². The van der Waals surface area contributed by atoms with Crippen LogP contribution in [0.1, 0.15) is 11.4 Å². The van der Waals surface area contributed by atoms with Gasteiger partial charge in [-0.15, -0.1) is 11.3 Å². The molecule has 2 aromatic heterocycles. The molecule has 96 valence electrons. The highest BCUT2D eigenvalue weighted by Gasteiger charge is 2.10. The molecular formula is C14H11NO3S. The number of para-hydroxylation sites is 1. The lowest BCUT2D eigenvalue weighted by molar-refractivity contribution is -0.136. The van der Waals surface area contributed by atoms with Gasteiger partial charge in [0.25, 0.3) is 0 Å². The van der Waals surface area contributed by atoms with E-state index in [1.54, 1.807) is 0 Å². The van der Waals surface area contributed by atoms with Crippen molar-refractivity contribution in [2.24, 2.45) is 0 Å². The van der Waals surface area contributed by atoms with Gasteiger partial charge in [0.1, 0.15) is 11.3 Å². The van der Waals surface area contributed by atoms with Gasteiger partial charge in [-0.1, -0.05) is 18.2 Å². The Hall–Kier alpha value is -2.14. The molecule has 0 aliphatic heterocycles. The molecule has 0 bridgehead atoms. The summed E-state index contributed by atoms with van der Waals surface area (Å²) < 4.78 is 5.72. The SMILES string of the molecule is O=C(O)CCc1nc(-c2cc3ccccc3o2)cs1. The van der Waals surface area contributed by atoms with E-state index in [0.717, 1.165) is 27.4 Å². The third-order valence-corrected chi connectivity index (χ3v) is 3.69. The molecule has 3 rings (SSSR count).